The average Bonchev–Trinajstić information content (AvgIpc) is 2.28. The van der Waals surface area contributed by atoms with E-state index in [9.17, 15) is 18.0 Å². The monoisotopic (exact) mass is 292 g/mol. The molecule has 1 aromatic rings. The SMILES string of the molecule is Cc1c(Cl)[nH]c(=O)n(C2CCS(=O)(=O)CC2)c1=O. The number of sulfone groups is 1. The number of halogens is 1. The van der Waals surface area contributed by atoms with Crippen molar-refractivity contribution in [3.8, 4) is 0 Å². The second-order valence-corrected chi connectivity index (χ2v) is 7.11. The molecule has 1 aliphatic rings. The van der Waals surface area contributed by atoms with Crippen molar-refractivity contribution in [1.82, 2.24) is 9.55 Å². The molecule has 0 aromatic carbocycles. The molecule has 1 aromatic heterocycles. The van der Waals surface area contributed by atoms with Crippen LogP contribution in [0.2, 0.25) is 5.15 Å². The maximum atomic E-state index is 12.0. The summed E-state index contributed by atoms with van der Waals surface area (Å²) in [6.07, 6.45) is 0.568. The summed E-state index contributed by atoms with van der Waals surface area (Å²) in [6.45, 7) is 1.52. The van der Waals surface area contributed by atoms with Gasteiger partial charge in [0.15, 0.2) is 0 Å². The first-order chi connectivity index (χ1) is 8.32. The summed E-state index contributed by atoms with van der Waals surface area (Å²) in [5.41, 5.74) is -0.766. The maximum Gasteiger partial charge on any atom is 0.329 e. The van der Waals surface area contributed by atoms with Crippen LogP contribution in [0.3, 0.4) is 0 Å². The molecule has 1 fully saturated rings. The van der Waals surface area contributed by atoms with Crippen LogP contribution in [0.5, 0.6) is 0 Å². The van der Waals surface area contributed by atoms with Gasteiger partial charge in [0.2, 0.25) is 0 Å². The predicted molar refractivity (Wildman–Crippen MR) is 68.0 cm³/mol. The Balaban J connectivity index is 2.45. The lowest BCUT2D eigenvalue weighted by atomic mass is 10.1. The molecule has 1 saturated heterocycles. The molecule has 2 heterocycles. The van der Waals surface area contributed by atoms with Crippen LogP contribution in [0.15, 0.2) is 9.59 Å². The van der Waals surface area contributed by atoms with E-state index in [0.29, 0.717) is 0 Å². The Kier molecular flexibility index (Phi) is 3.37. The normalized spacial score (nSPS) is 19.9. The number of aromatic amines is 1. The van der Waals surface area contributed by atoms with E-state index < -0.39 is 21.1 Å². The summed E-state index contributed by atoms with van der Waals surface area (Å²) < 4.78 is 23.7. The lowest BCUT2D eigenvalue weighted by Gasteiger charge is -2.23. The Morgan fingerprint density at radius 3 is 2.39 bits per heavy atom. The Bertz CT molecular complexity index is 675. The van der Waals surface area contributed by atoms with Crippen LogP contribution >= 0.6 is 11.6 Å². The summed E-state index contributed by atoms with van der Waals surface area (Å²) in [5.74, 6) is 0.0104. The van der Waals surface area contributed by atoms with Crippen LogP contribution in [-0.4, -0.2) is 29.5 Å². The van der Waals surface area contributed by atoms with Crippen molar-refractivity contribution in [3.63, 3.8) is 0 Å². The quantitative estimate of drug-likeness (QED) is 0.751. The summed E-state index contributed by atoms with van der Waals surface area (Å²) in [7, 11) is -3.02. The van der Waals surface area contributed by atoms with E-state index in [0.717, 1.165) is 4.57 Å². The second kappa shape index (κ2) is 4.55. The zero-order chi connectivity index (χ0) is 13.5. The van der Waals surface area contributed by atoms with Gasteiger partial charge in [0.1, 0.15) is 15.0 Å². The molecule has 0 spiro atoms. The third-order valence-electron chi connectivity index (χ3n) is 3.19. The smallest absolute Gasteiger partial charge is 0.297 e. The molecule has 0 radical (unpaired) electrons. The van der Waals surface area contributed by atoms with Gasteiger partial charge in [-0.25, -0.2) is 13.2 Å². The third kappa shape index (κ3) is 2.37. The number of nitrogens with one attached hydrogen (secondary N) is 1. The highest BCUT2D eigenvalue weighted by molar-refractivity contribution is 7.91. The zero-order valence-corrected chi connectivity index (χ0v) is 11.3. The summed E-state index contributed by atoms with van der Waals surface area (Å²) in [5, 5.41) is 0.0321. The highest BCUT2D eigenvalue weighted by Gasteiger charge is 2.27. The van der Waals surface area contributed by atoms with Gasteiger partial charge < -0.3 is 0 Å². The predicted octanol–water partition coefficient (Wildman–Crippen LogP) is 0.248. The molecule has 0 saturated carbocycles. The molecular formula is C10H13ClN2O4S. The molecule has 0 aliphatic carbocycles. The van der Waals surface area contributed by atoms with Crippen LogP contribution in [0, 0.1) is 6.92 Å². The molecule has 0 unspecified atom stereocenters. The molecule has 0 atom stereocenters. The standard InChI is InChI=1S/C10H13ClN2O4S/c1-6-8(11)12-10(15)13(9(6)14)7-2-4-18(16,17)5-3-7/h7H,2-5H2,1H3,(H,12,15). The molecular weight excluding hydrogens is 280 g/mol. The van der Waals surface area contributed by atoms with Gasteiger partial charge in [-0.05, 0) is 19.8 Å². The molecule has 0 amide bonds. The fourth-order valence-corrected chi connectivity index (χ4v) is 3.71. The van der Waals surface area contributed by atoms with Gasteiger partial charge in [0, 0.05) is 11.6 Å². The van der Waals surface area contributed by atoms with Crippen LogP contribution in [0.25, 0.3) is 0 Å². The number of H-pyrrole nitrogens is 1. The van der Waals surface area contributed by atoms with Crippen LogP contribution in [0.4, 0.5) is 0 Å². The molecule has 2 rings (SSSR count). The van der Waals surface area contributed by atoms with E-state index >= 15 is 0 Å². The zero-order valence-electron chi connectivity index (χ0n) is 9.77. The highest BCUT2D eigenvalue weighted by atomic mass is 35.5. The molecule has 8 heteroatoms. The van der Waals surface area contributed by atoms with Crippen molar-refractivity contribution in [2.75, 3.05) is 11.5 Å². The lowest BCUT2D eigenvalue weighted by Crippen LogP contribution is -2.42. The molecule has 6 nitrogen and oxygen atoms in total. The number of hydrogen-bond donors (Lipinski definition) is 1. The van der Waals surface area contributed by atoms with Crippen LogP contribution in [-0.2, 0) is 9.84 Å². The molecule has 0 bridgehead atoms. The van der Waals surface area contributed by atoms with Crippen molar-refractivity contribution in [2.24, 2.45) is 0 Å². The first kappa shape index (κ1) is 13.4. The van der Waals surface area contributed by atoms with E-state index in [1.165, 1.54) is 6.92 Å². The van der Waals surface area contributed by atoms with Crippen molar-refractivity contribution in [1.29, 1.82) is 0 Å². The Labute approximate surface area is 109 Å². The van der Waals surface area contributed by atoms with Crippen molar-refractivity contribution in [2.45, 2.75) is 25.8 Å². The third-order valence-corrected chi connectivity index (χ3v) is 5.29. The Hall–Kier alpha value is -1.08. The van der Waals surface area contributed by atoms with Crippen LogP contribution in [0.1, 0.15) is 24.4 Å². The molecule has 18 heavy (non-hydrogen) atoms. The number of aromatic nitrogens is 2. The van der Waals surface area contributed by atoms with Gasteiger partial charge in [0.05, 0.1) is 11.5 Å². The van der Waals surface area contributed by atoms with E-state index in [4.69, 9.17) is 11.6 Å². The Morgan fingerprint density at radius 1 is 1.28 bits per heavy atom. The number of hydrogen-bond acceptors (Lipinski definition) is 4. The Morgan fingerprint density at radius 2 is 1.83 bits per heavy atom. The van der Waals surface area contributed by atoms with E-state index in [2.05, 4.69) is 4.98 Å². The first-order valence-electron chi connectivity index (χ1n) is 5.53. The lowest BCUT2D eigenvalue weighted by molar-refractivity contribution is 0.421. The number of rotatable bonds is 1. The van der Waals surface area contributed by atoms with E-state index in [1.54, 1.807) is 0 Å². The first-order valence-corrected chi connectivity index (χ1v) is 7.73. The molecule has 1 N–H and O–H groups in total. The van der Waals surface area contributed by atoms with E-state index in [-0.39, 0.29) is 41.1 Å². The fraction of sp³-hybridized carbons (Fsp3) is 0.600. The minimum Gasteiger partial charge on any atom is -0.297 e. The minimum atomic E-state index is -3.02. The molecule has 100 valence electrons. The van der Waals surface area contributed by atoms with Crippen molar-refractivity contribution < 1.29 is 8.42 Å². The fourth-order valence-electron chi connectivity index (χ4n) is 2.08. The van der Waals surface area contributed by atoms with Crippen molar-refractivity contribution in [3.05, 3.63) is 31.6 Å². The van der Waals surface area contributed by atoms with Gasteiger partial charge in [0.25, 0.3) is 5.56 Å². The average molecular weight is 293 g/mol. The highest BCUT2D eigenvalue weighted by Crippen LogP contribution is 2.21. The van der Waals surface area contributed by atoms with Gasteiger partial charge in [-0.15, -0.1) is 0 Å². The topological polar surface area (TPSA) is 89.0 Å². The maximum absolute atomic E-state index is 12.0. The van der Waals surface area contributed by atoms with Gasteiger partial charge in [-0.3, -0.25) is 14.3 Å². The summed E-state index contributed by atoms with van der Waals surface area (Å²) >= 11 is 5.71. The number of nitrogens with zero attached hydrogens (tertiary/aromatic N) is 1. The minimum absolute atomic E-state index is 0.00518. The molecule has 1 aliphatic heterocycles. The van der Waals surface area contributed by atoms with Gasteiger partial charge in [-0.2, -0.15) is 0 Å². The van der Waals surface area contributed by atoms with E-state index in [1.807, 2.05) is 0 Å². The van der Waals surface area contributed by atoms with Crippen molar-refractivity contribution >= 4 is 21.4 Å². The van der Waals surface area contributed by atoms with Crippen LogP contribution < -0.4 is 11.2 Å². The van der Waals surface area contributed by atoms with Gasteiger partial charge in [-0.1, -0.05) is 11.6 Å². The largest absolute Gasteiger partial charge is 0.329 e. The summed E-state index contributed by atoms with van der Waals surface area (Å²) in [4.78, 5) is 26.1. The summed E-state index contributed by atoms with van der Waals surface area (Å²) in [6, 6.07) is -0.374. The van der Waals surface area contributed by atoms with Gasteiger partial charge >= 0.3 is 5.69 Å². The second-order valence-electron chi connectivity index (χ2n) is 4.43.